The predicted molar refractivity (Wildman–Crippen MR) is 58.6 cm³/mol. The van der Waals surface area contributed by atoms with Crippen LogP contribution in [0.5, 0.6) is 0 Å². The highest BCUT2D eigenvalue weighted by Gasteiger charge is 2.06. The molecule has 0 saturated carbocycles. The van der Waals surface area contributed by atoms with Crippen LogP contribution < -0.4 is 5.69 Å². The average Bonchev–Trinajstić information content (AvgIpc) is 2.69. The number of hydrogen-bond donors (Lipinski definition) is 0. The van der Waals surface area contributed by atoms with E-state index in [-0.39, 0.29) is 5.69 Å². The molecule has 16 heavy (non-hydrogen) atoms. The van der Waals surface area contributed by atoms with Crippen LogP contribution in [0.4, 0.5) is 0 Å². The van der Waals surface area contributed by atoms with E-state index in [0.717, 1.165) is 0 Å². The van der Waals surface area contributed by atoms with Gasteiger partial charge in [-0.05, 0) is 24.3 Å². The van der Waals surface area contributed by atoms with Crippen molar-refractivity contribution in [2.45, 2.75) is 0 Å². The van der Waals surface area contributed by atoms with Crippen LogP contribution in [-0.4, -0.2) is 19.2 Å². The fourth-order valence-corrected chi connectivity index (χ4v) is 1.58. The van der Waals surface area contributed by atoms with E-state index in [4.69, 9.17) is 0 Å². The molecule has 0 N–H and O–H groups in total. The Morgan fingerprint density at radius 2 is 1.88 bits per heavy atom. The molecule has 3 heterocycles. The van der Waals surface area contributed by atoms with Gasteiger partial charge in [-0.3, -0.25) is 4.98 Å². The number of nitrogens with zero attached hydrogens (tertiary/aromatic N) is 4. The molecule has 0 aromatic carbocycles. The van der Waals surface area contributed by atoms with Gasteiger partial charge in [0, 0.05) is 18.6 Å². The van der Waals surface area contributed by atoms with E-state index in [1.54, 1.807) is 42.9 Å². The molecule has 5 nitrogen and oxygen atoms in total. The third kappa shape index (κ3) is 1.22. The van der Waals surface area contributed by atoms with Crippen molar-refractivity contribution in [1.82, 2.24) is 19.2 Å². The minimum Gasteiger partial charge on any atom is -0.265 e. The Hall–Kier alpha value is -2.43. The van der Waals surface area contributed by atoms with Gasteiger partial charge in [0.2, 0.25) is 0 Å². The minimum atomic E-state index is -0.179. The summed E-state index contributed by atoms with van der Waals surface area (Å²) < 4.78 is 2.86. The van der Waals surface area contributed by atoms with Gasteiger partial charge in [0.05, 0.1) is 5.69 Å². The van der Waals surface area contributed by atoms with Crippen molar-refractivity contribution in [3.05, 3.63) is 59.4 Å². The van der Waals surface area contributed by atoms with E-state index in [9.17, 15) is 4.79 Å². The first kappa shape index (κ1) is 8.84. The number of fused-ring (bicyclic) bond motifs is 1. The summed E-state index contributed by atoms with van der Waals surface area (Å²) in [6, 6.07) is 8.92. The van der Waals surface area contributed by atoms with Crippen LogP contribution in [0.15, 0.2) is 53.7 Å². The van der Waals surface area contributed by atoms with E-state index in [2.05, 4.69) is 10.1 Å². The highest BCUT2D eigenvalue weighted by Crippen LogP contribution is 2.02. The zero-order valence-corrected chi connectivity index (χ0v) is 8.32. The normalized spacial score (nSPS) is 10.8. The molecule has 0 atom stereocenters. The van der Waals surface area contributed by atoms with Crippen molar-refractivity contribution < 1.29 is 0 Å². The summed E-state index contributed by atoms with van der Waals surface area (Å²) in [7, 11) is 0. The number of rotatable bonds is 1. The van der Waals surface area contributed by atoms with Crippen molar-refractivity contribution in [2.75, 3.05) is 0 Å². The van der Waals surface area contributed by atoms with E-state index >= 15 is 0 Å². The Morgan fingerprint density at radius 1 is 1.06 bits per heavy atom. The van der Waals surface area contributed by atoms with Gasteiger partial charge in [-0.15, -0.1) is 5.10 Å². The second-order valence-electron chi connectivity index (χ2n) is 3.33. The third-order valence-corrected chi connectivity index (χ3v) is 2.34. The zero-order valence-electron chi connectivity index (χ0n) is 8.32. The summed E-state index contributed by atoms with van der Waals surface area (Å²) >= 11 is 0. The quantitative estimate of drug-likeness (QED) is 0.601. The summed E-state index contributed by atoms with van der Waals surface area (Å²) in [5, 5.41) is 4.22. The van der Waals surface area contributed by atoms with Gasteiger partial charge in [-0.2, -0.15) is 4.68 Å². The van der Waals surface area contributed by atoms with Crippen LogP contribution in [0, 0.1) is 0 Å². The minimum absolute atomic E-state index is 0.179. The molecule has 0 radical (unpaired) electrons. The Bertz CT molecular complexity index is 684. The summed E-state index contributed by atoms with van der Waals surface area (Å²) in [6.45, 7) is 0. The number of hydrogen-bond acceptors (Lipinski definition) is 3. The van der Waals surface area contributed by atoms with Gasteiger partial charge < -0.3 is 0 Å². The molecule has 0 fully saturated rings. The molecule has 78 valence electrons. The van der Waals surface area contributed by atoms with Crippen LogP contribution in [0.1, 0.15) is 0 Å². The zero-order chi connectivity index (χ0) is 11.0. The molecule has 0 unspecified atom stereocenters. The van der Waals surface area contributed by atoms with Gasteiger partial charge in [0.25, 0.3) is 0 Å². The largest absolute Gasteiger partial charge is 0.355 e. The van der Waals surface area contributed by atoms with Crippen LogP contribution in [-0.2, 0) is 0 Å². The Kier molecular flexibility index (Phi) is 1.83. The fraction of sp³-hybridized carbons (Fsp3) is 0. The molecular weight excluding hydrogens is 204 g/mol. The van der Waals surface area contributed by atoms with E-state index in [0.29, 0.717) is 11.3 Å². The maximum absolute atomic E-state index is 12.0. The van der Waals surface area contributed by atoms with Crippen molar-refractivity contribution >= 4 is 5.65 Å². The lowest BCUT2D eigenvalue weighted by molar-refractivity contribution is 0.836. The molecule has 0 saturated heterocycles. The van der Waals surface area contributed by atoms with Gasteiger partial charge >= 0.3 is 5.69 Å². The summed E-state index contributed by atoms with van der Waals surface area (Å²) in [5.74, 6) is 0. The molecule has 0 bridgehead atoms. The topological polar surface area (TPSA) is 52.2 Å². The summed E-state index contributed by atoms with van der Waals surface area (Å²) in [6.07, 6.45) is 4.96. The van der Waals surface area contributed by atoms with E-state index < -0.39 is 0 Å². The lowest BCUT2D eigenvalue weighted by atomic mass is 10.4. The van der Waals surface area contributed by atoms with Crippen LogP contribution in [0.3, 0.4) is 0 Å². The molecule has 3 aromatic rings. The fourth-order valence-electron chi connectivity index (χ4n) is 1.58. The maximum Gasteiger partial charge on any atom is 0.355 e. The number of pyridine rings is 2. The molecule has 5 heteroatoms. The van der Waals surface area contributed by atoms with Crippen molar-refractivity contribution in [1.29, 1.82) is 0 Å². The lowest BCUT2D eigenvalue weighted by Crippen LogP contribution is -2.19. The predicted octanol–water partition coefficient (Wildman–Crippen LogP) is 0.880. The molecular formula is C11H8N4O. The monoisotopic (exact) mass is 212 g/mol. The Balaban J connectivity index is 2.34. The highest BCUT2D eigenvalue weighted by atomic mass is 16.2. The van der Waals surface area contributed by atoms with Crippen LogP contribution in [0.25, 0.3) is 11.3 Å². The smallest absolute Gasteiger partial charge is 0.265 e. The van der Waals surface area contributed by atoms with Crippen molar-refractivity contribution in [3.8, 4) is 5.69 Å². The van der Waals surface area contributed by atoms with E-state index in [1.165, 1.54) is 9.08 Å². The molecule has 0 aliphatic carbocycles. The molecule has 0 aliphatic rings. The van der Waals surface area contributed by atoms with E-state index in [1.807, 2.05) is 6.07 Å². The van der Waals surface area contributed by atoms with Gasteiger partial charge in [0.1, 0.15) is 0 Å². The van der Waals surface area contributed by atoms with Crippen LogP contribution in [0.2, 0.25) is 0 Å². The van der Waals surface area contributed by atoms with Crippen molar-refractivity contribution in [3.63, 3.8) is 0 Å². The molecule has 0 spiro atoms. The highest BCUT2D eigenvalue weighted by molar-refractivity contribution is 5.38. The lowest BCUT2D eigenvalue weighted by Gasteiger charge is -1.95. The van der Waals surface area contributed by atoms with Gasteiger partial charge in [0.15, 0.2) is 5.65 Å². The second kappa shape index (κ2) is 3.30. The molecule has 0 aliphatic heterocycles. The SMILES string of the molecule is O=c1n(-c2ccncc2)nc2ccccn12. The Labute approximate surface area is 90.6 Å². The second-order valence-corrected chi connectivity index (χ2v) is 3.33. The Morgan fingerprint density at radius 3 is 2.62 bits per heavy atom. The van der Waals surface area contributed by atoms with Gasteiger partial charge in [-0.25, -0.2) is 9.20 Å². The van der Waals surface area contributed by atoms with Crippen LogP contribution >= 0.6 is 0 Å². The van der Waals surface area contributed by atoms with Gasteiger partial charge in [-0.1, -0.05) is 6.07 Å². The molecule has 3 aromatic heterocycles. The number of aromatic nitrogens is 4. The van der Waals surface area contributed by atoms with Crippen molar-refractivity contribution in [2.24, 2.45) is 0 Å². The molecule has 0 amide bonds. The first-order chi connectivity index (χ1) is 7.86. The standard InChI is InChI=1S/C11H8N4O/c16-11-14-8-2-1-3-10(14)13-15(11)9-4-6-12-7-5-9/h1-8H. The average molecular weight is 212 g/mol. The molecule has 3 rings (SSSR count). The summed E-state index contributed by atoms with van der Waals surface area (Å²) in [4.78, 5) is 15.9. The first-order valence-electron chi connectivity index (χ1n) is 4.83. The first-order valence-corrected chi connectivity index (χ1v) is 4.83. The maximum atomic E-state index is 12.0. The summed E-state index contributed by atoms with van der Waals surface area (Å²) in [5.41, 5.74) is 1.16. The third-order valence-electron chi connectivity index (χ3n) is 2.34.